The first-order valence-corrected chi connectivity index (χ1v) is 8.38. The lowest BCUT2D eigenvalue weighted by Gasteiger charge is -2.14. The Bertz CT molecular complexity index is 957. The van der Waals surface area contributed by atoms with Gasteiger partial charge in [-0.25, -0.2) is 14.4 Å². The number of benzene rings is 2. The van der Waals surface area contributed by atoms with Crippen LogP contribution < -0.4 is 15.5 Å². The normalized spacial score (nSPS) is 10.4. The zero-order valence-corrected chi connectivity index (χ0v) is 15.3. The first kappa shape index (κ1) is 18.3. The maximum absolute atomic E-state index is 13.7. The fourth-order valence-corrected chi connectivity index (χ4v) is 2.47. The van der Waals surface area contributed by atoms with Crippen LogP contribution in [0, 0.1) is 12.7 Å². The van der Waals surface area contributed by atoms with E-state index < -0.39 is 11.7 Å². The van der Waals surface area contributed by atoms with Crippen molar-refractivity contribution in [1.29, 1.82) is 0 Å². The molecule has 1 aromatic heterocycles. The molecule has 0 unspecified atom stereocenters. The summed E-state index contributed by atoms with van der Waals surface area (Å²) in [4.78, 5) is 22.8. The minimum Gasteiger partial charge on any atom is -0.363 e. The van der Waals surface area contributed by atoms with Gasteiger partial charge in [0.2, 0.25) is 0 Å². The number of hydrogen-bond acceptors (Lipinski definition) is 5. The molecule has 3 aromatic rings. The Kier molecular flexibility index (Phi) is 5.30. The van der Waals surface area contributed by atoms with Crippen molar-refractivity contribution in [1.82, 2.24) is 9.97 Å². The fraction of sp³-hybridized carbons (Fsp3) is 0.150. The molecular weight excluding hydrogens is 345 g/mol. The molecule has 3 rings (SSSR count). The number of anilines is 4. The van der Waals surface area contributed by atoms with Gasteiger partial charge in [0, 0.05) is 31.5 Å². The van der Waals surface area contributed by atoms with Gasteiger partial charge in [-0.1, -0.05) is 12.1 Å². The van der Waals surface area contributed by atoms with Crippen LogP contribution in [-0.4, -0.2) is 30.0 Å². The number of rotatable bonds is 5. The first-order chi connectivity index (χ1) is 12.9. The number of nitrogens with zero attached hydrogens (tertiary/aromatic N) is 3. The van der Waals surface area contributed by atoms with Crippen LogP contribution in [0.25, 0.3) is 0 Å². The molecule has 2 N–H and O–H groups in total. The predicted molar refractivity (Wildman–Crippen MR) is 105 cm³/mol. The maximum atomic E-state index is 13.7. The van der Waals surface area contributed by atoms with E-state index in [1.807, 2.05) is 44.1 Å². The van der Waals surface area contributed by atoms with Gasteiger partial charge in [-0.2, -0.15) is 0 Å². The van der Waals surface area contributed by atoms with Gasteiger partial charge in [0.1, 0.15) is 23.3 Å². The van der Waals surface area contributed by atoms with E-state index >= 15 is 0 Å². The van der Waals surface area contributed by atoms with Gasteiger partial charge in [0.05, 0.1) is 5.56 Å². The second-order valence-electron chi connectivity index (χ2n) is 6.19. The Labute approximate surface area is 157 Å². The topological polar surface area (TPSA) is 70.2 Å². The molecular formula is C20H20FN5O. The number of carbonyl (C=O) groups is 1. The van der Waals surface area contributed by atoms with Crippen molar-refractivity contribution in [3.63, 3.8) is 0 Å². The Morgan fingerprint density at radius 2 is 1.67 bits per heavy atom. The lowest BCUT2D eigenvalue weighted by molar-refractivity contribution is 0.102. The Hall–Kier alpha value is -3.48. The van der Waals surface area contributed by atoms with Gasteiger partial charge in [-0.15, -0.1) is 0 Å². The Morgan fingerprint density at radius 1 is 1.00 bits per heavy atom. The summed E-state index contributed by atoms with van der Waals surface area (Å²) in [5.41, 5.74) is 1.38. The van der Waals surface area contributed by atoms with Gasteiger partial charge in [0.15, 0.2) is 0 Å². The number of halogens is 1. The number of aryl methyl sites for hydroxylation is 1. The maximum Gasteiger partial charge on any atom is 0.258 e. The van der Waals surface area contributed by atoms with Crippen molar-refractivity contribution in [3.05, 3.63) is 71.8 Å². The van der Waals surface area contributed by atoms with E-state index in [1.165, 1.54) is 12.1 Å². The van der Waals surface area contributed by atoms with E-state index in [9.17, 15) is 9.18 Å². The minimum absolute atomic E-state index is 0.00683. The van der Waals surface area contributed by atoms with Crippen molar-refractivity contribution in [2.75, 3.05) is 29.6 Å². The number of carbonyl (C=O) groups excluding carboxylic acids is 1. The summed E-state index contributed by atoms with van der Waals surface area (Å²) >= 11 is 0. The predicted octanol–water partition coefficient (Wildman–Crippen LogP) is 3.99. The third-order valence-electron chi connectivity index (χ3n) is 3.82. The van der Waals surface area contributed by atoms with Gasteiger partial charge in [-0.05, 0) is 43.3 Å². The number of amides is 1. The molecule has 0 aliphatic heterocycles. The summed E-state index contributed by atoms with van der Waals surface area (Å²) in [7, 11) is 3.83. The lowest BCUT2D eigenvalue weighted by atomic mass is 10.2. The zero-order chi connectivity index (χ0) is 19.4. The van der Waals surface area contributed by atoms with Gasteiger partial charge in [-0.3, -0.25) is 4.79 Å². The average Bonchev–Trinajstić information content (AvgIpc) is 2.63. The van der Waals surface area contributed by atoms with E-state index in [2.05, 4.69) is 20.6 Å². The van der Waals surface area contributed by atoms with E-state index in [0.717, 1.165) is 11.5 Å². The quantitative estimate of drug-likeness (QED) is 0.716. The van der Waals surface area contributed by atoms with Crippen LogP contribution in [0.4, 0.5) is 27.4 Å². The molecule has 1 heterocycles. The molecule has 0 saturated heterocycles. The molecule has 6 nitrogen and oxygen atoms in total. The van der Waals surface area contributed by atoms with Crippen LogP contribution in [0.3, 0.4) is 0 Å². The molecule has 2 aromatic carbocycles. The third-order valence-corrected chi connectivity index (χ3v) is 3.82. The van der Waals surface area contributed by atoms with Crippen LogP contribution in [0.5, 0.6) is 0 Å². The van der Waals surface area contributed by atoms with E-state index in [-0.39, 0.29) is 5.56 Å². The summed E-state index contributed by atoms with van der Waals surface area (Å²) in [5.74, 6) is 1.10. The highest BCUT2D eigenvalue weighted by molar-refractivity contribution is 6.04. The SMILES string of the molecule is Cc1nc(Nc2ccc(NC(=O)c3ccccc3F)cc2)cc(N(C)C)n1. The van der Waals surface area contributed by atoms with Crippen molar-refractivity contribution in [3.8, 4) is 0 Å². The van der Waals surface area contributed by atoms with Gasteiger partial charge < -0.3 is 15.5 Å². The van der Waals surface area contributed by atoms with Gasteiger partial charge in [0.25, 0.3) is 5.91 Å². The van der Waals surface area contributed by atoms with Crippen LogP contribution >= 0.6 is 0 Å². The highest BCUT2D eigenvalue weighted by atomic mass is 19.1. The first-order valence-electron chi connectivity index (χ1n) is 8.38. The van der Waals surface area contributed by atoms with Crippen molar-refractivity contribution in [2.24, 2.45) is 0 Å². The molecule has 1 amide bonds. The summed E-state index contributed by atoms with van der Waals surface area (Å²) in [6, 6.07) is 14.8. The van der Waals surface area contributed by atoms with Crippen molar-refractivity contribution >= 4 is 28.9 Å². The summed E-state index contributed by atoms with van der Waals surface area (Å²) in [6.07, 6.45) is 0. The van der Waals surface area contributed by atoms with Crippen LogP contribution in [0.15, 0.2) is 54.6 Å². The molecule has 0 bridgehead atoms. The zero-order valence-electron chi connectivity index (χ0n) is 15.3. The monoisotopic (exact) mass is 365 g/mol. The molecule has 0 spiro atoms. The molecule has 7 heteroatoms. The molecule has 27 heavy (non-hydrogen) atoms. The number of hydrogen-bond donors (Lipinski definition) is 2. The Morgan fingerprint density at radius 3 is 2.33 bits per heavy atom. The minimum atomic E-state index is -0.552. The van der Waals surface area contributed by atoms with Gasteiger partial charge >= 0.3 is 0 Å². The number of aromatic nitrogens is 2. The standard InChI is InChI=1S/C20H20FN5O/c1-13-22-18(12-19(23-13)26(2)3)24-14-8-10-15(11-9-14)25-20(27)16-6-4-5-7-17(16)21/h4-12H,1-3H3,(H,25,27)(H,22,23,24). The highest BCUT2D eigenvalue weighted by Gasteiger charge is 2.11. The third kappa shape index (κ3) is 4.58. The van der Waals surface area contributed by atoms with Crippen LogP contribution in [-0.2, 0) is 0 Å². The second kappa shape index (κ2) is 7.82. The largest absolute Gasteiger partial charge is 0.363 e. The van der Waals surface area contributed by atoms with Crippen LogP contribution in [0.2, 0.25) is 0 Å². The summed E-state index contributed by atoms with van der Waals surface area (Å²) < 4.78 is 13.7. The molecule has 138 valence electrons. The smallest absolute Gasteiger partial charge is 0.258 e. The average molecular weight is 365 g/mol. The van der Waals surface area contributed by atoms with E-state index in [0.29, 0.717) is 17.3 Å². The van der Waals surface area contributed by atoms with Crippen molar-refractivity contribution < 1.29 is 9.18 Å². The lowest BCUT2D eigenvalue weighted by Crippen LogP contribution is -2.13. The molecule has 0 aliphatic rings. The summed E-state index contributed by atoms with van der Waals surface area (Å²) in [6.45, 7) is 1.83. The summed E-state index contributed by atoms with van der Waals surface area (Å²) in [5, 5.41) is 5.90. The Balaban J connectivity index is 1.71. The van der Waals surface area contributed by atoms with Crippen molar-refractivity contribution in [2.45, 2.75) is 6.92 Å². The molecule has 0 radical (unpaired) electrons. The van der Waals surface area contributed by atoms with Crippen LogP contribution in [0.1, 0.15) is 16.2 Å². The second-order valence-corrected chi connectivity index (χ2v) is 6.19. The van der Waals surface area contributed by atoms with E-state index in [1.54, 1.807) is 24.3 Å². The molecule has 0 atom stereocenters. The fourth-order valence-electron chi connectivity index (χ4n) is 2.47. The van der Waals surface area contributed by atoms with E-state index in [4.69, 9.17) is 0 Å². The molecule has 0 fully saturated rings. The molecule has 0 saturated carbocycles. The number of nitrogens with one attached hydrogen (secondary N) is 2. The highest BCUT2D eigenvalue weighted by Crippen LogP contribution is 2.21. The molecule has 0 aliphatic carbocycles.